The highest BCUT2D eigenvalue weighted by atomic mass is 19.1. The van der Waals surface area contributed by atoms with Crippen molar-refractivity contribution in [2.75, 3.05) is 0 Å². The number of rotatable bonds is 3. The average molecular weight is 235 g/mol. The summed E-state index contributed by atoms with van der Waals surface area (Å²) in [6, 6.07) is 7.30. The smallest absolute Gasteiger partial charge is 0.147 e. The Bertz CT molecular complexity index is 516. The number of halogens is 2. The molecule has 2 aromatic rings. The molecule has 88 valence electrons. The molecule has 0 saturated heterocycles. The summed E-state index contributed by atoms with van der Waals surface area (Å²) in [7, 11) is 0. The van der Waals surface area contributed by atoms with Crippen molar-refractivity contribution in [3.05, 3.63) is 65.5 Å². The van der Waals surface area contributed by atoms with Gasteiger partial charge in [0.15, 0.2) is 0 Å². The Labute approximate surface area is 97.6 Å². The zero-order valence-electron chi connectivity index (χ0n) is 8.98. The van der Waals surface area contributed by atoms with Gasteiger partial charge in [-0.1, -0.05) is 12.1 Å². The van der Waals surface area contributed by atoms with E-state index in [1.807, 2.05) is 0 Å². The van der Waals surface area contributed by atoms with Gasteiger partial charge in [0.1, 0.15) is 11.6 Å². The van der Waals surface area contributed by atoms with Crippen LogP contribution in [0.2, 0.25) is 0 Å². The van der Waals surface area contributed by atoms with Gasteiger partial charge >= 0.3 is 0 Å². The Morgan fingerprint density at radius 3 is 2.76 bits per heavy atom. The predicted octanol–water partition coefficient (Wildman–Crippen LogP) is 2.64. The van der Waals surface area contributed by atoms with E-state index in [0.717, 1.165) is 6.20 Å². The molecule has 1 N–H and O–H groups in total. The molecule has 1 heterocycles. The quantitative estimate of drug-likeness (QED) is 0.887. The van der Waals surface area contributed by atoms with Crippen LogP contribution in [-0.4, -0.2) is 10.1 Å². The first-order valence-electron chi connectivity index (χ1n) is 5.19. The van der Waals surface area contributed by atoms with Crippen LogP contribution in [0.5, 0.6) is 0 Å². The van der Waals surface area contributed by atoms with Crippen LogP contribution in [0.3, 0.4) is 0 Å². The third-order valence-electron chi connectivity index (χ3n) is 2.48. The first kappa shape index (κ1) is 11.7. The van der Waals surface area contributed by atoms with Gasteiger partial charge in [-0.15, -0.1) is 0 Å². The number of nitrogens with zero attached hydrogens (tertiary/aromatic N) is 1. The Morgan fingerprint density at radius 1 is 1.24 bits per heavy atom. The van der Waals surface area contributed by atoms with Crippen LogP contribution in [0.1, 0.15) is 17.2 Å². The van der Waals surface area contributed by atoms with Crippen molar-refractivity contribution < 1.29 is 13.9 Å². The summed E-state index contributed by atoms with van der Waals surface area (Å²) in [6.45, 7) is 0. The highest BCUT2D eigenvalue weighted by molar-refractivity contribution is 5.22. The second-order valence-corrected chi connectivity index (χ2v) is 3.75. The van der Waals surface area contributed by atoms with Crippen LogP contribution in [-0.2, 0) is 6.42 Å². The maximum atomic E-state index is 13.3. The number of hydrogen-bond donors (Lipinski definition) is 1. The Hall–Kier alpha value is -1.81. The van der Waals surface area contributed by atoms with Crippen LogP contribution in [0.4, 0.5) is 8.78 Å². The summed E-state index contributed by atoms with van der Waals surface area (Å²) in [5, 5.41) is 9.86. The molecule has 0 fully saturated rings. The minimum atomic E-state index is -1.00. The van der Waals surface area contributed by atoms with Crippen molar-refractivity contribution >= 4 is 0 Å². The normalized spacial score (nSPS) is 12.4. The summed E-state index contributed by atoms with van der Waals surface area (Å²) in [4.78, 5) is 3.60. The molecule has 2 nitrogen and oxygen atoms in total. The highest BCUT2D eigenvalue weighted by Gasteiger charge is 2.13. The van der Waals surface area contributed by atoms with Crippen LogP contribution in [0.15, 0.2) is 42.7 Å². The van der Waals surface area contributed by atoms with Gasteiger partial charge < -0.3 is 5.11 Å². The van der Waals surface area contributed by atoms with E-state index in [9.17, 15) is 13.9 Å². The second kappa shape index (κ2) is 5.01. The van der Waals surface area contributed by atoms with E-state index >= 15 is 0 Å². The zero-order valence-corrected chi connectivity index (χ0v) is 8.98. The van der Waals surface area contributed by atoms with E-state index in [0.29, 0.717) is 5.56 Å². The summed E-state index contributed by atoms with van der Waals surface area (Å²) >= 11 is 0. The molecule has 0 spiro atoms. The fourth-order valence-electron chi connectivity index (χ4n) is 1.65. The molecule has 2 rings (SSSR count). The molecule has 0 aliphatic carbocycles. The van der Waals surface area contributed by atoms with Crippen LogP contribution < -0.4 is 0 Å². The SMILES string of the molecule is OC(Cc1cccc(F)c1)c1ccncc1F. The lowest BCUT2D eigenvalue weighted by Crippen LogP contribution is -2.04. The highest BCUT2D eigenvalue weighted by Crippen LogP contribution is 2.20. The number of benzene rings is 1. The molecular weight excluding hydrogens is 224 g/mol. The first-order chi connectivity index (χ1) is 8.16. The van der Waals surface area contributed by atoms with Crippen LogP contribution in [0, 0.1) is 11.6 Å². The lowest BCUT2D eigenvalue weighted by molar-refractivity contribution is 0.173. The van der Waals surface area contributed by atoms with Gasteiger partial charge in [-0.25, -0.2) is 8.78 Å². The Morgan fingerprint density at radius 2 is 2.06 bits per heavy atom. The first-order valence-corrected chi connectivity index (χ1v) is 5.19. The number of pyridine rings is 1. The fourth-order valence-corrected chi connectivity index (χ4v) is 1.65. The van der Waals surface area contributed by atoms with E-state index in [-0.39, 0.29) is 17.8 Å². The van der Waals surface area contributed by atoms with E-state index < -0.39 is 11.9 Å². The van der Waals surface area contributed by atoms with Crippen LogP contribution in [0.25, 0.3) is 0 Å². The molecule has 17 heavy (non-hydrogen) atoms. The minimum absolute atomic E-state index is 0.165. The number of aromatic nitrogens is 1. The van der Waals surface area contributed by atoms with Crippen molar-refractivity contribution in [2.45, 2.75) is 12.5 Å². The van der Waals surface area contributed by atoms with Gasteiger partial charge in [0.05, 0.1) is 12.3 Å². The van der Waals surface area contributed by atoms with Crippen molar-refractivity contribution in [1.29, 1.82) is 0 Å². The summed E-state index contributed by atoms with van der Waals surface area (Å²) in [5.74, 6) is -0.929. The molecule has 0 aliphatic rings. The molecule has 1 atom stereocenters. The van der Waals surface area contributed by atoms with Crippen molar-refractivity contribution in [3.63, 3.8) is 0 Å². The fraction of sp³-hybridized carbons (Fsp3) is 0.154. The van der Waals surface area contributed by atoms with E-state index in [1.165, 1.54) is 24.4 Å². The molecule has 1 unspecified atom stereocenters. The molecule has 0 amide bonds. The van der Waals surface area contributed by atoms with Crippen molar-refractivity contribution in [2.24, 2.45) is 0 Å². The largest absolute Gasteiger partial charge is 0.388 e. The summed E-state index contributed by atoms with van der Waals surface area (Å²) in [6.07, 6.45) is 1.62. The minimum Gasteiger partial charge on any atom is -0.388 e. The third-order valence-corrected chi connectivity index (χ3v) is 2.48. The molecule has 0 bridgehead atoms. The molecular formula is C13H11F2NO. The Kier molecular flexibility index (Phi) is 3.44. The molecule has 1 aromatic heterocycles. The summed E-state index contributed by atoms with van der Waals surface area (Å²) < 4.78 is 26.3. The lowest BCUT2D eigenvalue weighted by Gasteiger charge is -2.11. The van der Waals surface area contributed by atoms with Crippen molar-refractivity contribution in [1.82, 2.24) is 4.98 Å². The van der Waals surface area contributed by atoms with Crippen molar-refractivity contribution in [3.8, 4) is 0 Å². The van der Waals surface area contributed by atoms with Gasteiger partial charge in [-0.3, -0.25) is 4.98 Å². The molecule has 4 heteroatoms. The van der Waals surface area contributed by atoms with Gasteiger partial charge in [-0.2, -0.15) is 0 Å². The number of hydrogen-bond acceptors (Lipinski definition) is 2. The lowest BCUT2D eigenvalue weighted by atomic mass is 10.0. The zero-order chi connectivity index (χ0) is 12.3. The van der Waals surface area contributed by atoms with E-state index in [1.54, 1.807) is 12.1 Å². The maximum Gasteiger partial charge on any atom is 0.147 e. The summed E-state index contributed by atoms with van der Waals surface area (Å²) in [5.41, 5.74) is 0.790. The average Bonchev–Trinajstić information content (AvgIpc) is 2.29. The topological polar surface area (TPSA) is 33.1 Å². The maximum absolute atomic E-state index is 13.3. The second-order valence-electron chi connectivity index (χ2n) is 3.75. The monoisotopic (exact) mass is 235 g/mol. The Balaban J connectivity index is 2.17. The van der Waals surface area contributed by atoms with Gasteiger partial charge in [0.2, 0.25) is 0 Å². The third kappa shape index (κ3) is 2.85. The molecule has 0 radical (unpaired) electrons. The van der Waals surface area contributed by atoms with Gasteiger partial charge in [-0.05, 0) is 23.8 Å². The number of aliphatic hydroxyl groups excluding tert-OH is 1. The van der Waals surface area contributed by atoms with Crippen LogP contribution >= 0.6 is 0 Å². The predicted molar refractivity (Wildman–Crippen MR) is 59.3 cm³/mol. The number of aliphatic hydroxyl groups is 1. The van der Waals surface area contributed by atoms with E-state index in [2.05, 4.69) is 4.98 Å². The van der Waals surface area contributed by atoms with Gasteiger partial charge in [0.25, 0.3) is 0 Å². The van der Waals surface area contributed by atoms with E-state index in [4.69, 9.17) is 0 Å². The molecule has 1 aromatic carbocycles. The van der Waals surface area contributed by atoms with Gasteiger partial charge in [0, 0.05) is 18.2 Å². The standard InChI is InChI=1S/C13H11F2NO/c14-10-3-1-2-9(6-10)7-13(17)11-4-5-16-8-12(11)15/h1-6,8,13,17H,7H2. The molecule has 0 saturated carbocycles. The molecule has 0 aliphatic heterocycles.